The van der Waals surface area contributed by atoms with Gasteiger partial charge in [-0.3, -0.25) is 0 Å². The SMILES string of the molecule is c1ccc(-n2c3ccccc3c3cc(-c4ccc(N(c5cccc6c5oc5ccccc56)c5cccc6oc7c8ccccc8ccc7c56)cc4)ccc32)cc1. The van der Waals surface area contributed by atoms with Crippen LogP contribution in [0.4, 0.5) is 17.1 Å². The van der Waals surface area contributed by atoms with Gasteiger partial charge in [0, 0.05) is 43.7 Å². The van der Waals surface area contributed by atoms with Crippen molar-refractivity contribution in [2.24, 2.45) is 0 Å². The maximum atomic E-state index is 6.68. The number of rotatable bonds is 5. The maximum Gasteiger partial charge on any atom is 0.159 e. The maximum absolute atomic E-state index is 6.68. The topological polar surface area (TPSA) is 34.5 Å². The Morgan fingerprint density at radius 1 is 0.375 bits per heavy atom. The van der Waals surface area contributed by atoms with Crippen LogP contribution in [0.15, 0.2) is 203 Å². The van der Waals surface area contributed by atoms with Crippen LogP contribution < -0.4 is 4.90 Å². The van der Waals surface area contributed by atoms with E-state index < -0.39 is 0 Å². The number of para-hydroxylation sites is 4. The van der Waals surface area contributed by atoms with Crippen LogP contribution in [-0.2, 0) is 0 Å². The molecule has 0 aliphatic rings. The molecule has 0 saturated carbocycles. The molecule has 0 aliphatic heterocycles. The van der Waals surface area contributed by atoms with Crippen molar-refractivity contribution < 1.29 is 8.83 Å². The minimum atomic E-state index is 0.841. The molecule has 0 N–H and O–H groups in total. The van der Waals surface area contributed by atoms with Gasteiger partial charge in [-0.1, -0.05) is 121 Å². The van der Waals surface area contributed by atoms with Gasteiger partial charge in [0.2, 0.25) is 0 Å². The minimum Gasteiger partial charge on any atom is -0.455 e. The molecule has 3 heterocycles. The predicted molar refractivity (Wildman–Crippen MR) is 233 cm³/mol. The standard InChI is InChI=1S/C52H32N2O2/c1-2-13-36(14-3-1)53-44-19-8-6-16-39(44)43-32-35(27-31-45(43)53)33-24-28-37(29-25-33)54(47-21-10-18-41-40-17-7-9-22-48(40)55-52(41)47)46-20-11-23-49-50(46)42-30-26-34-12-4-5-15-38(34)51(42)56-49/h1-32H. The second-order valence-electron chi connectivity index (χ2n) is 14.5. The molecule has 0 amide bonds. The highest BCUT2D eigenvalue weighted by molar-refractivity contribution is 6.20. The fourth-order valence-corrected chi connectivity index (χ4v) is 8.85. The van der Waals surface area contributed by atoms with Crippen LogP contribution in [0.2, 0.25) is 0 Å². The molecule has 262 valence electrons. The van der Waals surface area contributed by atoms with Crippen LogP contribution in [0, 0.1) is 0 Å². The summed E-state index contributed by atoms with van der Waals surface area (Å²) in [5, 5.41) is 9.05. The number of furan rings is 2. The average Bonchev–Trinajstić information content (AvgIpc) is 3.95. The highest BCUT2D eigenvalue weighted by atomic mass is 16.3. The fraction of sp³-hybridized carbons (Fsp3) is 0. The number of nitrogens with zero attached hydrogens (tertiary/aromatic N) is 2. The zero-order valence-corrected chi connectivity index (χ0v) is 30.2. The van der Waals surface area contributed by atoms with Gasteiger partial charge in [-0.15, -0.1) is 0 Å². The Kier molecular flexibility index (Phi) is 6.60. The molecule has 56 heavy (non-hydrogen) atoms. The van der Waals surface area contributed by atoms with E-state index in [0.717, 1.165) is 83.0 Å². The number of hydrogen-bond acceptors (Lipinski definition) is 3. The average molecular weight is 717 g/mol. The van der Waals surface area contributed by atoms with E-state index in [0.29, 0.717) is 0 Å². The molecule has 0 saturated heterocycles. The second kappa shape index (κ2) is 12.0. The predicted octanol–water partition coefficient (Wildman–Crippen LogP) is 14.9. The summed E-state index contributed by atoms with van der Waals surface area (Å²) in [7, 11) is 0. The van der Waals surface area contributed by atoms with Gasteiger partial charge in [-0.05, 0) is 89.3 Å². The van der Waals surface area contributed by atoms with Crippen LogP contribution in [0.5, 0.6) is 0 Å². The second-order valence-corrected chi connectivity index (χ2v) is 14.5. The third-order valence-electron chi connectivity index (χ3n) is 11.4. The molecular weight excluding hydrogens is 685 g/mol. The molecular formula is C52H32N2O2. The highest BCUT2D eigenvalue weighted by Gasteiger charge is 2.24. The first-order valence-electron chi connectivity index (χ1n) is 19.0. The molecule has 0 spiro atoms. The van der Waals surface area contributed by atoms with Crippen LogP contribution in [0.3, 0.4) is 0 Å². The molecule has 0 fully saturated rings. The molecule has 0 aliphatic carbocycles. The Hall–Kier alpha value is -7.56. The number of aromatic nitrogens is 1. The lowest BCUT2D eigenvalue weighted by molar-refractivity contribution is 0.669. The summed E-state index contributed by atoms with van der Waals surface area (Å²) < 4.78 is 15.7. The van der Waals surface area contributed by atoms with Crippen molar-refractivity contribution >= 4 is 93.5 Å². The van der Waals surface area contributed by atoms with Gasteiger partial charge in [0.25, 0.3) is 0 Å². The number of anilines is 3. The monoisotopic (exact) mass is 716 g/mol. The first-order valence-corrected chi connectivity index (χ1v) is 19.0. The summed E-state index contributed by atoms with van der Waals surface area (Å²) in [5.41, 5.74) is 12.3. The van der Waals surface area contributed by atoms with Crippen molar-refractivity contribution in [3.63, 3.8) is 0 Å². The Bertz CT molecular complexity index is 3480. The van der Waals surface area contributed by atoms with Crippen molar-refractivity contribution in [1.29, 1.82) is 0 Å². The highest BCUT2D eigenvalue weighted by Crippen LogP contribution is 2.47. The minimum absolute atomic E-state index is 0.841. The van der Waals surface area contributed by atoms with Crippen molar-refractivity contribution in [1.82, 2.24) is 4.57 Å². The lowest BCUT2D eigenvalue weighted by atomic mass is 10.0. The van der Waals surface area contributed by atoms with E-state index in [1.165, 1.54) is 27.4 Å². The molecule has 0 atom stereocenters. The van der Waals surface area contributed by atoms with Gasteiger partial charge < -0.3 is 18.3 Å². The number of fused-ring (bicyclic) bond motifs is 11. The molecule has 0 radical (unpaired) electrons. The Morgan fingerprint density at radius 3 is 1.93 bits per heavy atom. The quantitative estimate of drug-likeness (QED) is 0.178. The van der Waals surface area contributed by atoms with Crippen LogP contribution in [0.25, 0.3) is 93.3 Å². The third-order valence-corrected chi connectivity index (χ3v) is 11.4. The molecule has 12 rings (SSSR count). The molecule has 4 nitrogen and oxygen atoms in total. The third kappa shape index (κ3) is 4.53. The van der Waals surface area contributed by atoms with Gasteiger partial charge in [-0.25, -0.2) is 0 Å². The van der Waals surface area contributed by atoms with Crippen molar-refractivity contribution in [3.05, 3.63) is 194 Å². The summed E-state index contributed by atoms with van der Waals surface area (Å²) in [6.45, 7) is 0. The Labute approximate surface area is 321 Å². The van der Waals surface area contributed by atoms with Crippen molar-refractivity contribution in [2.75, 3.05) is 4.90 Å². The first kappa shape index (κ1) is 30.9. The van der Waals surface area contributed by atoms with Crippen LogP contribution in [0.1, 0.15) is 0 Å². The van der Waals surface area contributed by atoms with E-state index in [1.807, 2.05) is 12.1 Å². The molecule has 12 aromatic rings. The summed E-state index contributed by atoms with van der Waals surface area (Å²) in [5.74, 6) is 0. The van der Waals surface area contributed by atoms with Crippen LogP contribution in [-0.4, -0.2) is 4.57 Å². The van der Waals surface area contributed by atoms with E-state index >= 15 is 0 Å². The summed E-state index contributed by atoms with van der Waals surface area (Å²) >= 11 is 0. The van der Waals surface area contributed by atoms with Gasteiger partial charge in [0.05, 0.1) is 27.8 Å². The van der Waals surface area contributed by atoms with Crippen molar-refractivity contribution in [2.45, 2.75) is 0 Å². The smallest absolute Gasteiger partial charge is 0.159 e. The molecule has 3 aromatic heterocycles. The number of hydrogen-bond donors (Lipinski definition) is 0. The first-order chi connectivity index (χ1) is 27.8. The zero-order chi connectivity index (χ0) is 36.7. The van der Waals surface area contributed by atoms with E-state index in [2.05, 4.69) is 191 Å². The Morgan fingerprint density at radius 2 is 1.04 bits per heavy atom. The fourth-order valence-electron chi connectivity index (χ4n) is 8.85. The molecule has 4 heteroatoms. The van der Waals surface area contributed by atoms with Gasteiger partial charge in [0.15, 0.2) is 5.58 Å². The van der Waals surface area contributed by atoms with E-state index in [1.54, 1.807) is 0 Å². The lowest BCUT2D eigenvalue weighted by Gasteiger charge is -2.26. The largest absolute Gasteiger partial charge is 0.455 e. The molecule has 9 aromatic carbocycles. The van der Waals surface area contributed by atoms with E-state index in [-0.39, 0.29) is 0 Å². The summed E-state index contributed by atoms with van der Waals surface area (Å²) in [6, 6.07) is 68.9. The van der Waals surface area contributed by atoms with E-state index in [4.69, 9.17) is 8.83 Å². The van der Waals surface area contributed by atoms with Gasteiger partial charge in [-0.2, -0.15) is 0 Å². The summed E-state index contributed by atoms with van der Waals surface area (Å²) in [6.07, 6.45) is 0. The van der Waals surface area contributed by atoms with Crippen molar-refractivity contribution in [3.8, 4) is 16.8 Å². The normalized spacial score (nSPS) is 11.9. The lowest BCUT2D eigenvalue weighted by Crippen LogP contribution is -2.10. The van der Waals surface area contributed by atoms with Gasteiger partial charge in [0.1, 0.15) is 16.7 Å². The summed E-state index contributed by atoms with van der Waals surface area (Å²) in [4.78, 5) is 2.33. The van der Waals surface area contributed by atoms with Crippen LogP contribution >= 0.6 is 0 Å². The number of benzene rings is 9. The van der Waals surface area contributed by atoms with Gasteiger partial charge >= 0.3 is 0 Å². The van der Waals surface area contributed by atoms with E-state index in [9.17, 15) is 0 Å². The Balaban J connectivity index is 1.06. The molecule has 0 unspecified atom stereocenters. The zero-order valence-electron chi connectivity index (χ0n) is 30.2. The molecule has 0 bridgehead atoms.